The number of hydrogen-bond donors (Lipinski definition) is 1. The number of ketones is 1. The van der Waals surface area contributed by atoms with Crippen molar-refractivity contribution in [3.05, 3.63) is 46.8 Å². The van der Waals surface area contributed by atoms with Crippen molar-refractivity contribution in [3.8, 4) is 6.01 Å². The molecule has 0 radical (unpaired) electrons. The maximum Gasteiger partial charge on any atom is 0.316 e. The molecule has 0 spiro atoms. The molecule has 0 saturated heterocycles. The Balaban J connectivity index is 2.21. The van der Waals surface area contributed by atoms with Crippen LogP contribution < -0.4 is 10.1 Å². The van der Waals surface area contributed by atoms with Gasteiger partial charge in [-0.15, -0.1) is 0 Å². The molecule has 0 fully saturated rings. The first kappa shape index (κ1) is 16.6. The first-order valence-corrected chi connectivity index (χ1v) is 7.32. The fraction of sp³-hybridized carbons (Fsp3) is 0.294. The monoisotopic (exact) mass is 313 g/mol. The molecule has 120 valence electrons. The van der Waals surface area contributed by atoms with Crippen LogP contribution in [0.5, 0.6) is 6.01 Å². The molecule has 2 rings (SSSR count). The maximum absolute atomic E-state index is 12.3. The van der Waals surface area contributed by atoms with Crippen LogP contribution in [0.2, 0.25) is 0 Å². The number of hydrogen-bond acceptors (Lipinski definition) is 5. The molecular formula is C17H19N3O3. The van der Waals surface area contributed by atoms with Crippen LogP contribution in [0.15, 0.2) is 24.3 Å². The number of anilines is 1. The molecule has 0 atom stereocenters. The zero-order valence-electron chi connectivity index (χ0n) is 13.6. The topological polar surface area (TPSA) is 81.2 Å². The van der Waals surface area contributed by atoms with E-state index in [1.165, 1.54) is 6.92 Å². The SMILES string of the molecule is CCOc1nc(C)c(NC(=O)c2ccc(C(C)=O)cc2)c(C)n1. The smallest absolute Gasteiger partial charge is 0.316 e. The van der Waals surface area contributed by atoms with Gasteiger partial charge >= 0.3 is 6.01 Å². The van der Waals surface area contributed by atoms with E-state index < -0.39 is 0 Å². The third kappa shape index (κ3) is 3.91. The summed E-state index contributed by atoms with van der Waals surface area (Å²) in [6.45, 7) is 7.39. The van der Waals surface area contributed by atoms with Crippen molar-refractivity contribution in [2.24, 2.45) is 0 Å². The number of Topliss-reactive ketones (excluding diaryl/α,β-unsaturated/α-hetero) is 1. The Morgan fingerprint density at radius 2 is 1.57 bits per heavy atom. The van der Waals surface area contributed by atoms with Gasteiger partial charge in [0.1, 0.15) is 0 Å². The molecular weight excluding hydrogens is 294 g/mol. The summed E-state index contributed by atoms with van der Waals surface area (Å²) in [7, 11) is 0. The Labute approximate surface area is 134 Å². The zero-order chi connectivity index (χ0) is 17.0. The Morgan fingerprint density at radius 3 is 2.04 bits per heavy atom. The number of aromatic nitrogens is 2. The van der Waals surface area contributed by atoms with Crippen molar-refractivity contribution in [2.45, 2.75) is 27.7 Å². The predicted molar refractivity (Wildman–Crippen MR) is 87.1 cm³/mol. The third-order valence-electron chi connectivity index (χ3n) is 3.32. The summed E-state index contributed by atoms with van der Waals surface area (Å²) in [5.41, 5.74) is 2.86. The van der Waals surface area contributed by atoms with Crippen LogP contribution in [0.4, 0.5) is 5.69 Å². The van der Waals surface area contributed by atoms with Gasteiger partial charge in [-0.3, -0.25) is 9.59 Å². The molecule has 1 heterocycles. The van der Waals surface area contributed by atoms with Gasteiger partial charge in [0, 0.05) is 11.1 Å². The maximum atomic E-state index is 12.3. The van der Waals surface area contributed by atoms with Crippen molar-refractivity contribution in [3.63, 3.8) is 0 Å². The molecule has 1 amide bonds. The van der Waals surface area contributed by atoms with Gasteiger partial charge in [0.05, 0.1) is 23.7 Å². The second kappa shape index (κ2) is 7.00. The highest BCUT2D eigenvalue weighted by molar-refractivity contribution is 6.05. The summed E-state index contributed by atoms with van der Waals surface area (Å²) in [6.07, 6.45) is 0. The molecule has 6 heteroatoms. The zero-order valence-corrected chi connectivity index (χ0v) is 13.6. The molecule has 0 aliphatic rings. The highest BCUT2D eigenvalue weighted by Crippen LogP contribution is 2.20. The van der Waals surface area contributed by atoms with Gasteiger partial charge in [-0.2, -0.15) is 9.97 Å². The highest BCUT2D eigenvalue weighted by Gasteiger charge is 2.13. The van der Waals surface area contributed by atoms with Gasteiger partial charge in [-0.1, -0.05) is 12.1 Å². The third-order valence-corrected chi connectivity index (χ3v) is 3.32. The Morgan fingerprint density at radius 1 is 1.04 bits per heavy atom. The number of ether oxygens (including phenoxy) is 1. The number of benzene rings is 1. The van der Waals surface area contributed by atoms with Crippen molar-refractivity contribution in [2.75, 3.05) is 11.9 Å². The lowest BCUT2D eigenvalue weighted by Gasteiger charge is -2.12. The summed E-state index contributed by atoms with van der Waals surface area (Å²) in [6, 6.07) is 6.79. The van der Waals surface area contributed by atoms with Crippen LogP contribution in [0.3, 0.4) is 0 Å². The number of amides is 1. The predicted octanol–water partition coefficient (Wildman–Crippen LogP) is 2.95. The van der Waals surface area contributed by atoms with Gasteiger partial charge in [0.15, 0.2) is 5.78 Å². The van der Waals surface area contributed by atoms with E-state index in [4.69, 9.17) is 4.74 Å². The highest BCUT2D eigenvalue weighted by atomic mass is 16.5. The van der Waals surface area contributed by atoms with E-state index in [1.54, 1.807) is 38.1 Å². The second-order valence-electron chi connectivity index (χ2n) is 5.07. The number of nitrogens with zero attached hydrogens (tertiary/aromatic N) is 2. The minimum absolute atomic E-state index is 0.0384. The molecule has 23 heavy (non-hydrogen) atoms. The van der Waals surface area contributed by atoms with E-state index in [9.17, 15) is 9.59 Å². The molecule has 1 aromatic heterocycles. The summed E-state index contributed by atoms with van der Waals surface area (Å²) in [4.78, 5) is 32.0. The number of nitrogens with one attached hydrogen (secondary N) is 1. The van der Waals surface area contributed by atoms with Crippen molar-refractivity contribution < 1.29 is 14.3 Å². The van der Waals surface area contributed by atoms with Crippen molar-refractivity contribution in [1.29, 1.82) is 0 Å². The summed E-state index contributed by atoms with van der Waals surface area (Å²) < 4.78 is 5.28. The molecule has 1 N–H and O–H groups in total. The standard InChI is InChI=1S/C17H19N3O3/c1-5-23-17-18-10(2)15(11(3)19-17)20-16(22)14-8-6-13(7-9-14)12(4)21/h6-9H,5H2,1-4H3,(H,20,22). The van der Waals surface area contributed by atoms with Crippen LogP contribution in [0, 0.1) is 13.8 Å². The van der Waals surface area contributed by atoms with Gasteiger partial charge in [-0.05, 0) is 39.8 Å². The molecule has 0 unspecified atom stereocenters. The lowest BCUT2D eigenvalue weighted by Crippen LogP contribution is -2.15. The fourth-order valence-corrected chi connectivity index (χ4v) is 2.10. The van der Waals surface area contributed by atoms with Crippen LogP contribution >= 0.6 is 0 Å². The van der Waals surface area contributed by atoms with E-state index in [0.717, 1.165) is 0 Å². The minimum atomic E-state index is -0.279. The molecule has 0 saturated carbocycles. The van der Waals surface area contributed by atoms with Gasteiger partial charge in [0.25, 0.3) is 5.91 Å². The normalized spacial score (nSPS) is 10.3. The Bertz CT molecular complexity index is 716. The molecule has 0 aliphatic heterocycles. The summed E-state index contributed by atoms with van der Waals surface area (Å²) in [5.74, 6) is -0.317. The molecule has 1 aromatic carbocycles. The second-order valence-corrected chi connectivity index (χ2v) is 5.07. The number of aryl methyl sites for hydroxylation is 2. The lowest BCUT2D eigenvalue weighted by molar-refractivity contribution is 0.100. The molecule has 0 aliphatic carbocycles. The Kier molecular flexibility index (Phi) is 5.05. The van der Waals surface area contributed by atoms with E-state index in [-0.39, 0.29) is 11.7 Å². The van der Waals surface area contributed by atoms with Crippen molar-refractivity contribution >= 4 is 17.4 Å². The molecule has 0 bridgehead atoms. The van der Waals surface area contributed by atoms with E-state index >= 15 is 0 Å². The quantitative estimate of drug-likeness (QED) is 0.858. The van der Waals surface area contributed by atoms with Crippen LogP contribution in [-0.4, -0.2) is 28.3 Å². The number of rotatable bonds is 5. The Hall–Kier alpha value is -2.76. The molecule has 6 nitrogen and oxygen atoms in total. The van der Waals surface area contributed by atoms with Crippen LogP contribution in [0.25, 0.3) is 0 Å². The van der Waals surface area contributed by atoms with Crippen LogP contribution in [-0.2, 0) is 0 Å². The number of carbonyl (C=O) groups is 2. The lowest BCUT2D eigenvalue weighted by atomic mass is 10.1. The largest absolute Gasteiger partial charge is 0.464 e. The van der Waals surface area contributed by atoms with Gasteiger partial charge < -0.3 is 10.1 Å². The molecule has 2 aromatic rings. The first-order valence-electron chi connectivity index (χ1n) is 7.32. The minimum Gasteiger partial charge on any atom is -0.464 e. The first-order chi connectivity index (χ1) is 10.9. The number of carbonyl (C=O) groups excluding carboxylic acids is 2. The van der Waals surface area contributed by atoms with E-state index in [1.807, 2.05) is 6.92 Å². The average molecular weight is 313 g/mol. The summed E-state index contributed by atoms with van der Waals surface area (Å²) in [5, 5.41) is 2.81. The van der Waals surface area contributed by atoms with Gasteiger partial charge in [-0.25, -0.2) is 0 Å². The van der Waals surface area contributed by atoms with Crippen LogP contribution in [0.1, 0.15) is 46.0 Å². The van der Waals surface area contributed by atoms with Crippen molar-refractivity contribution in [1.82, 2.24) is 9.97 Å². The van der Waals surface area contributed by atoms with Gasteiger partial charge in [0.2, 0.25) is 0 Å². The summed E-state index contributed by atoms with van der Waals surface area (Å²) >= 11 is 0. The van der Waals surface area contributed by atoms with E-state index in [2.05, 4.69) is 15.3 Å². The van der Waals surface area contributed by atoms with E-state index in [0.29, 0.717) is 40.8 Å². The fourth-order valence-electron chi connectivity index (χ4n) is 2.10. The average Bonchev–Trinajstić information content (AvgIpc) is 2.51.